The van der Waals surface area contributed by atoms with Crippen LogP contribution in [-0.4, -0.2) is 21.7 Å². The minimum absolute atomic E-state index is 0.0172. The molecule has 0 aliphatic rings. The Morgan fingerprint density at radius 2 is 1.92 bits per heavy atom. The summed E-state index contributed by atoms with van der Waals surface area (Å²) in [5.74, 6) is 0.114. The number of nitrogens with zero attached hydrogens (tertiary/aromatic N) is 2. The second-order valence-corrected chi connectivity index (χ2v) is 6.27. The van der Waals surface area contributed by atoms with Crippen molar-refractivity contribution in [2.24, 2.45) is 0 Å². The summed E-state index contributed by atoms with van der Waals surface area (Å²) in [5, 5.41) is 6.49. The van der Waals surface area contributed by atoms with Gasteiger partial charge in [0.05, 0.1) is 5.51 Å². The van der Waals surface area contributed by atoms with Crippen LogP contribution in [-0.2, 0) is 0 Å². The molecule has 0 spiro atoms. The number of benzene rings is 1. The zero-order chi connectivity index (χ0) is 17.8. The Kier molecular flexibility index (Phi) is 4.85. The minimum atomic E-state index is -0.343. The standard InChI is InChI=1S/C18H16N4O2S/c1-11-5-3-8-15(20-11)22-17(24)16-18(25-10-19-16)21-14-7-4-6-13(9-14)12(2)23/h3-10,21H,1-2H3,(H,20,22,24). The van der Waals surface area contributed by atoms with Crippen molar-refractivity contribution in [2.75, 3.05) is 10.6 Å². The Labute approximate surface area is 149 Å². The van der Waals surface area contributed by atoms with Crippen LogP contribution in [0.4, 0.5) is 16.5 Å². The number of pyridine rings is 1. The van der Waals surface area contributed by atoms with Crippen molar-refractivity contribution < 1.29 is 9.59 Å². The second-order valence-electron chi connectivity index (χ2n) is 5.41. The summed E-state index contributed by atoms with van der Waals surface area (Å²) in [7, 11) is 0. The molecule has 0 aliphatic heterocycles. The van der Waals surface area contributed by atoms with Crippen LogP contribution in [0.25, 0.3) is 0 Å². The lowest BCUT2D eigenvalue weighted by molar-refractivity contribution is 0.101. The molecule has 0 unspecified atom stereocenters. The molecule has 1 aromatic carbocycles. The van der Waals surface area contributed by atoms with Gasteiger partial charge in [0.2, 0.25) is 0 Å². The van der Waals surface area contributed by atoms with E-state index in [4.69, 9.17) is 0 Å². The highest BCUT2D eigenvalue weighted by molar-refractivity contribution is 7.14. The zero-order valence-corrected chi connectivity index (χ0v) is 14.6. The average molecular weight is 352 g/mol. The van der Waals surface area contributed by atoms with E-state index in [1.165, 1.54) is 18.3 Å². The first-order valence-electron chi connectivity index (χ1n) is 7.59. The molecule has 25 heavy (non-hydrogen) atoms. The number of nitrogens with one attached hydrogen (secondary N) is 2. The summed E-state index contributed by atoms with van der Waals surface area (Å²) in [6.45, 7) is 3.37. The molecular formula is C18H16N4O2S. The highest BCUT2D eigenvalue weighted by Crippen LogP contribution is 2.26. The van der Waals surface area contributed by atoms with E-state index >= 15 is 0 Å². The molecule has 6 nitrogen and oxygen atoms in total. The molecule has 0 saturated carbocycles. The van der Waals surface area contributed by atoms with Gasteiger partial charge >= 0.3 is 0 Å². The van der Waals surface area contributed by atoms with Gasteiger partial charge in [-0.05, 0) is 38.1 Å². The van der Waals surface area contributed by atoms with Crippen molar-refractivity contribution in [3.63, 3.8) is 0 Å². The monoisotopic (exact) mass is 352 g/mol. The molecule has 7 heteroatoms. The van der Waals surface area contributed by atoms with Gasteiger partial charge < -0.3 is 10.6 Å². The van der Waals surface area contributed by atoms with Crippen LogP contribution in [0.15, 0.2) is 48.0 Å². The SMILES string of the molecule is CC(=O)c1cccc(Nc2scnc2C(=O)Nc2cccc(C)n2)c1. The van der Waals surface area contributed by atoms with Gasteiger partial charge in [0.15, 0.2) is 11.5 Å². The van der Waals surface area contributed by atoms with E-state index in [0.29, 0.717) is 16.4 Å². The highest BCUT2D eigenvalue weighted by Gasteiger charge is 2.16. The van der Waals surface area contributed by atoms with Crippen molar-refractivity contribution in [1.82, 2.24) is 9.97 Å². The number of amides is 1. The van der Waals surface area contributed by atoms with E-state index in [1.807, 2.05) is 25.1 Å². The molecule has 2 N–H and O–H groups in total. The number of rotatable bonds is 5. The van der Waals surface area contributed by atoms with Crippen molar-refractivity contribution in [3.05, 3.63) is 64.9 Å². The molecule has 0 radical (unpaired) electrons. The number of aromatic nitrogens is 2. The largest absolute Gasteiger partial charge is 0.345 e. The number of hydrogen-bond acceptors (Lipinski definition) is 6. The van der Waals surface area contributed by atoms with Crippen LogP contribution < -0.4 is 10.6 Å². The van der Waals surface area contributed by atoms with E-state index in [9.17, 15) is 9.59 Å². The predicted molar refractivity (Wildman–Crippen MR) is 98.8 cm³/mol. The normalized spacial score (nSPS) is 10.3. The van der Waals surface area contributed by atoms with Gasteiger partial charge in [-0.25, -0.2) is 9.97 Å². The molecule has 0 saturated heterocycles. The molecule has 3 aromatic rings. The number of anilines is 3. The topological polar surface area (TPSA) is 84.0 Å². The van der Waals surface area contributed by atoms with Gasteiger partial charge in [-0.3, -0.25) is 9.59 Å². The Bertz CT molecular complexity index is 936. The number of hydrogen-bond donors (Lipinski definition) is 2. The Balaban J connectivity index is 1.79. The fourth-order valence-electron chi connectivity index (χ4n) is 2.23. The number of Topliss-reactive ketones (excluding diaryl/α,β-unsaturated/α-hetero) is 1. The van der Waals surface area contributed by atoms with E-state index in [1.54, 1.807) is 29.8 Å². The lowest BCUT2D eigenvalue weighted by Gasteiger charge is -2.08. The number of carbonyl (C=O) groups is 2. The van der Waals surface area contributed by atoms with Crippen molar-refractivity contribution in [3.8, 4) is 0 Å². The highest BCUT2D eigenvalue weighted by atomic mass is 32.1. The molecule has 0 aliphatic carbocycles. The zero-order valence-electron chi connectivity index (χ0n) is 13.7. The second kappa shape index (κ2) is 7.23. The maximum atomic E-state index is 12.5. The number of carbonyl (C=O) groups excluding carboxylic acids is 2. The third kappa shape index (κ3) is 4.07. The summed E-state index contributed by atoms with van der Waals surface area (Å²) in [5.41, 5.74) is 4.01. The first-order chi connectivity index (χ1) is 12.0. The summed E-state index contributed by atoms with van der Waals surface area (Å²) in [6.07, 6.45) is 0. The number of thiazole rings is 1. The maximum absolute atomic E-state index is 12.5. The van der Waals surface area contributed by atoms with Gasteiger partial charge in [-0.1, -0.05) is 18.2 Å². The molecule has 1 amide bonds. The van der Waals surface area contributed by atoms with Crippen LogP contribution in [0, 0.1) is 6.92 Å². The quantitative estimate of drug-likeness (QED) is 0.677. The first-order valence-corrected chi connectivity index (χ1v) is 8.47. The summed E-state index contributed by atoms with van der Waals surface area (Å²) >= 11 is 1.31. The van der Waals surface area contributed by atoms with E-state index in [2.05, 4.69) is 20.6 Å². The van der Waals surface area contributed by atoms with Gasteiger partial charge in [0, 0.05) is 16.9 Å². The summed E-state index contributed by atoms with van der Waals surface area (Å²) < 4.78 is 0. The van der Waals surface area contributed by atoms with Gasteiger partial charge in [-0.2, -0.15) is 0 Å². The van der Waals surface area contributed by atoms with Crippen LogP contribution in [0.1, 0.15) is 33.5 Å². The molecule has 0 atom stereocenters. The predicted octanol–water partition coefficient (Wildman–Crippen LogP) is 4.05. The fraction of sp³-hybridized carbons (Fsp3) is 0.111. The molecule has 2 heterocycles. The fourth-order valence-corrected chi connectivity index (χ4v) is 2.93. The number of ketones is 1. The van der Waals surface area contributed by atoms with Crippen LogP contribution >= 0.6 is 11.3 Å². The van der Waals surface area contributed by atoms with Crippen molar-refractivity contribution >= 4 is 39.5 Å². The Hall–Kier alpha value is -3.06. The molecule has 126 valence electrons. The minimum Gasteiger partial charge on any atom is -0.345 e. The molecular weight excluding hydrogens is 336 g/mol. The maximum Gasteiger partial charge on any atom is 0.278 e. The lowest BCUT2D eigenvalue weighted by atomic mass is 10.1. The molecule has 0 bridgehead atoms. The van der Waals surface area contributed by atoms with Crippen LogP contribution in [0.3, 0.4) is 0 Å². The van der Waals surface area contributed by atoms with Gasteiger partial charge in [0.1, 0.15) is 10.8 Å². The number of aryl methyl sites for hydroxylation is 1. The van der Waals surface area contributed by atoms with Crippen LogP contribution in [0.5, 0.6) is 0 Å². The van der Waals surface area contributed by atoms with E-state index in [0.717, 1.165) is 11.4 Å². The Morgan fingerprint density at radius 1 is 1.12 bits per heavy atom. The smallest absolute Gasteiger partial charge is 0.278 e. The first kappa shape index (κ1) is 16.8. The summed E-state index contributed by atoms with van der Waals surface area (Å²) in [4.78, 5) is 32.4. The van der Waals surface area contributed by atoms with Crippen molar-refractivity contribution in [2.45, 2.75) is 13.8 Å². The Morgan fingerprint density at radius 3 is 2.68 bits per heavy atom. The summed E-state index contributed by atoms with van der Waals surface area (Å²) in [6, 6.07) is 12.5. The third-order valence-corrected chi connectivity index (χ3v) is 4.18. The van der Waals surface area contributed by atoms with Crippen molar-refractivity contribution in [1.29, 1.82) is 0 Å². The van der Waals surface area contributed by atoms with E-state index in [-0.39, 0.29) is 17.4 Å². The van der Waals surface area contributed by atoms with Gasteiger partial charge in [0.25, 0.3) is 5.91 Å². The molecule has 2 aromatic heterocycles. The lowest BCUT2D eigenvalue weighted by Crippen LogP contribution is -2.15. The van der Waals surface area contributed by atoms with E-state index < -0.39 is 0 Å². The molecule has 3 rings (SSSR count). The molecule has 0 fully saturated rings. The average Bonchev–Trinajstić information content (AvgIpc) is 3.03. The van der Waals surface area contributed by atoms with Crippen LogP contribution in [0.2, 0.25) is 0 Å². The third-order valence-electron chi connectivity index (χ3n) is 3.44. The van der Waals surface area contributed by atoms with Gasteiger partial charge in [-0.15, -0.1) is 11.3 Å².